The zero-order valence-electron chi connectivity index (χ0n) is 12.4. The van der Waals surface area contributed by atoms with Gasteiger partial charge in [0.25, 0.3) is 0 Å². The van der Waals surface area contributed by atoms with E-state index in [9.17, 15) is 0 Å². The van der Waals surface area contributed by atoms with Crippen LogP contribution >= 0.6 is 90.5 Å². The van der Waals surface area contributed by atoms with E-state index in [1.807, 2.05) is 54.6 Å². The molecule has 25 heavy (non-hydrogen) atoms. The van der Waals surface area contributed by atoms with Crippen molar-refractivity contribution in [1.29, 1.82) is 0 Å². The average molecular weight is 602 g/mol. The maximum absolute atomic E-state index is 6.60. The Kier molecular flexibility index (Phi) is 6.93. The van der Waals surface area contributed by atoms with E-state index in [2.05, 4.69) is 47.8 Å². The Balaban J connectivity index is 2.40. The lowest BCUT2D eigenvalue weighted by Crippen LogP contribution is -2.25. The zero-order valence-corrected chi connectivity index (χ0v) is 20.3. The van der Waals surface area contributed by atoms with Crippen molar-refractivity contribution in [3.8, 4) is 0 Å². The van der Waals surface area contributed by atoms with Crippen LogP contribution in [0, 0.1) is 0 Å². The molecule has 0 unspecified atom stereocenters. The smallest absolute Gasteiger partial charge is 0.0554 e. The van der Waals surface area contributed by atoms with Crippen LogP contribution in [0.2, 0.25) is 15.1 Å². The molecule has 0 saturated heterocycles. The Morgan fingerprint density at radius 1 is 0.600 bits per heavy atom. The first kappa shape index (κ1) is 20.1. The van der Waals surface area contributed by atoms with Crippen LogP contribution in [0.5, 0.6) is 0 Å². The van der Waals surface area contributed by atoms with Gasteiger partial charge in [0.2, 0.25) is 0 Å². The van der Waals surface area contributed by atoms with Gasteiger partial charge in [-0.2, -0.15) is 0 Å². The summed E-state index contributed by atoms with van der Waals surface area (Å²) in [5, 5.41) is 5.05. The van der Waals surface area contributed by atoms with Gasteiger partial charge in [-0.15, -0.1) is 0 Å². The molecule has 0 atom stereocenters. The third-order valence-corrected chi connectivity index (χ3v) is 10.7. The maximum atomic E-state index is 6.60. The van der Waals surface area contributed by atoms with Crippen LogP contribution in [0.25, 0.3) is 0 Å². The van der Waals surface area contributed by atoms with Gasteiger partial charge in [0.15, 0.2) is 0 Å². The Labute approximate surface area is 188 Å². The molecule has 0 amide bonds. The Hall–Kier alpha value is 0.400. The molecule has 0 aromatic heterocycles. The quantitative estimate of drug-likeness (QED) is 0.270. The van der Waals surface area contributed by atoms with Crippen LogP contribution in [-0.2, 0) is 0 Å². The van der Waals surface area contributed by atoms with Gasteiger partial charge < -0.3 is 0 Å². The van der Waals surface area contributed by atoms with E-state index in [4.69, 9.17) is 34.8 Å². The standard InChI is InChI=1S/C18H9Br3Cl3P/c19-10-4-1-7-13(23)17(10)25(15-9-3-6-12(22)16(15)21)18-11(20)5-2-8-14(18)24/h1-9H. The summed E-state index contributed by atoms with van der Waals surface area (Å²) in [5.74, 6) is 0. The van der Waals surface area contributed by atoms with Gasteiger partial charge in [-0.05, 0) is 54.2 Å². The Morgan fingerprint density at radius 3 is 1.52 bits per heavy atom. The second-order valence-electron chi connectivity index (χ2n) is 5.05. The van der Waals surface area contributed by atoms with Gasteiger partial charge in [-0.3, -0.25) is 0 Å². The molecule has 0 heterocycles. The van der Waals surface area contributed by atoms with Crippen LogP contribution in [-0.4, -0.2) is 0 Å². The van der Waals surface area contributed by atoms with E-state index in [1.165, 1.54) is 0 Å². The van der Waals surface area contributed by atoms with Crippen LogP contribution in [0.3, 0.4) is 0 Å². The molecule has 0 aliphatic heterocycles. The third-order valence-electron chi connectivity index (χ3n) is 3.49. The molecule has 7 heteroatoms. The maximum Gasteiger partial charge on any atom is 0.0554 e. The monoisotopic (exact) mass is 598 g/mol. The van der Waals surface area contributed by atoms with Crippen LogP contribution in [0.15, 0.2) is 68.0 Å². The number of benzene rings is 3. The lowest BCUT2D eigenvalue weighted by Gasteiger charge is -2.25. The van der Waals surface area contributed by atoms with Gasteiger partial charge in [0.05, 0.1) is 15.1 Å². The van der Waals surface area contributed by atoms with Crippen molar-refractivity contribution in [1.82, 2.24) is 0 Å². The number of hydrogen-bond donors (Lipinski definition) is 0. The summed E-state index contributed by atoms with van der Waals surface area (Å²) in [7, 11) is -1.06. The molecule has 3 aromatic rings. The van der Waals surface area contributed by atoms with Gasteiger partial charge in [-0.25, -0.2) is 0 Å². The average Bonchev–Trinajstić information content (AvgIpc) is 2.56. The molecule has 0 aliphatic carbocycles. The van der Waals surface area contributed by atoms with Crippen molar-refractivity contribution in [2.24, 2.45) is 0 Å². The van der Waals surface area contributed by atoms with Crippen LogP contribution < -0.4 is 15.9 Å². The molecule has 0 spiro atoms. The molecule has 0 fully saturated rings. The van der Waals surface area contributed by atoms with Crippen molar-refractivity contribution in [3.05, 3.63) is 83.1 Å². The van der Waals surface area contributed by atoms with E-state index in [1.54, 1.807) is 0 Å². The molecule has 0 bridgehead atoms. The van der Waals surface area contributed by atoms with Crippen molar-refractivity contribution >= 4 is 106 Å². The van der Waals surface area contributed by atoms with Crippen molar-refractivity contribution in [2.45, 2.75) is 0 Å². The molecule has 0 saturated carbocycles. The fourth-order valence-electron chi connectivity index (χ4n) is 2.42. The van der Waals surface area contributed by atoms with Crippen molar-refractivity contribution < 1.29 is 0 Å². The first-order chi connectivity index (χ1) is 11.9. The summed E-state index contributed by atoms with van der Waals surface area (Å²) in [5.41, 5.74) is 0. The minimum Gasteiger partial charge on any atom is -0.0836 e. The Bertz CT molecular complexity index is 855. The van der Waals surface area contributed by atoms with E-state index >= 15 is 0 Å². The van der Waals surface area contributed by atoms with Gasteiger partial charge in [0, 0.05) is 29.3 Å². The predicted octanol–water partition coefficient (Wildman–Crippen LogP) is 7.69. The van der Waals surface area contributed by atoms with E-state index in [0.717, 1.165) is 29.3 Å². The predicted molar refractivity (Wildman–Crippen MR) is 123 cm³/mol. The summed E-state index contributed by atoms with van der Waals surface area (Å²) in [6.45, 7) is 0. The number of rotatable bonds is 3. The summed E-state index contributed by atoms with van der Waals surface area (Å²) in [6, 6.07) is 17.4. The zero-order chi connectivity index (χ0) is 18.1. The summed E-state index contributed by atoms with van der Waals surface area (Å²) >= 11 is 30.5. The van der Waals surface area contributed by atoms with Crippen molar-refractivity contribution in [3.63, 3.8) is 0 Å². The highest BCUT2D eigenvalue weighted by atomic mass is 79.9. The Morgan fingerprint density at radius 2 is 1.04 bits per heavy atom. The van der Waals surface area contributed by atoms with Crippen LogP contribution in [0.1, 0.15) is 0 Å². The van der Waals surface area contributed by atoms with Gasteiger partial charge >= 0.3 is 0 Å². The molecular weight excluding hydrogens is 593 g/mol. The largest absolute Gasteiger partial charge is 0.0836 e. The summed E-state index contributed by atoms with van der Waals surface area (Å²) in [4.78, 5) is 0. The number of hydrogen-bond acceptors (Lipinski definition) is 0. The SMILES string of the molecule is Clc1cccc(P(c2c(Cl)cccc2Br)c2c(Cl)cccc2Br)c1Br. The molecule has 0 nitrogen and oxygen atoms in total. The van der Waals surface area contributed by atoms with Gasteiger partial charge in [0.1, 0.15) is 0 Å². The minimum atomic E-state index is -1.06. The fourth-order valence-corrected chi connectivity index (χ4v) is 8.75. The summed E-state index contributed by atoms with van der Waals surface area (Å²) in [6.07, 6.45) is 0. The fraction of sp³-hybridized carbons (Fsp3) is 0. The summed E-state index contributed by atoms with van der Waals surface area (Å²) < 4.78 is 2.72. The lowest BCUT2D eigenvalue weighted by molar-refractivity contribution is 1.67. The topological polar surface area (TPSA) is 0 Å². The van der Waals surface area contributed by atoms with E-state index < -0.39 is 7.92 Å². The van der Waals surface area contributed by atoms with Crippen LogP contribution in [0.4, 0.5) is 0 Å². The lowest BCUT2D eigenvalue weighted by atomic mass is 10.3. The first-order valence-electron chi connectivity index (χ1n) is 7.04. The van der Waals surface area contributed by atoms with E-state index in [-0.39, 0.29) is 0 Å². The first-order valence-corrected chi connectivity index (χ1v) is 11.9. The number of halogens is 6. The molecular formula is C18H9Br3Cl3P. The minimum absolute atomic E-state index is 0.649. The molecule has 3 rings (SSSR count). The molecule has 0 radical (unpaired) electrons. The highest BCUT2D eigenvalue weighted by molar-refractivity contribution is 9.11. The molecule has 3 aromatic carbocycles. The van der Waals surface area contributed by atoms with Gasteiger partial charge in [-0.1, -0.05) is 90.9 Å². The molecule has 128 valence electrons. The normalized spacial score (nSPS) is 11.2. The molecule has 0 N–H and O–H groups in total. The third kappa shape index (κ3) is 4.14. The second kappa shape index (κ2) is 8.61. The highest BCUT2D eigenvalue weighted by Crippen LogP contribution is 2.45. The van der Waals surface area contributed by atoms with E-state index in [0.29, 0.717) is 15.1 Å². The van der Waals surface area contributed by atoms with Crippen molar-refractivity contribution in [2.75, 3.05) is 0 Å². The second-order valence-corrected chi connectivity index (χ2v) is 10.8. The highest BCUT2D eigenvalue weighted by Gasteiger charge is 2.27. The molecule has 0 aliphatic rings.